The fourth-order valence-electron chi connectivity index (χ4n) is 2.83. The molecular weight excluding hydrogens is 226 g/mol. The van der Waals surface area contributed by atoms with Gasteiger partial charge in [-0.15, -0.1) is 11.8 Å². The molecule has 0 aliphatic carbocycles. The van der Waals surface area contributed by atoms with Crippen molar-refractivity contribution in [2.75, 3.05) is 19.3 Å². The third-order valence-corrected chi connectivity index (χ3v) is 4.86. The van der Waals surface area contributed by atoms with Crippen molar-refractivity contribution in [2.45, 2.75) is 37.0 Å². The predicted molar refractivity (Wildman–Crippen MR) is 76.8 cm³/mol. The lowest BCUT2D eigenvalue weighted by molar-refractivity contribution is 0.403. The molecule has 2 heteroatoms. The first-order valence-corrected chi connectivity index (χ1v) is 7.70. The molecule has 0 fully saturated rings. The summed E-state index contributed by atoms with van der Waals surface area (Å²) < 4.78 is 0. The highest BCUT2D eigenvalue weighted by Crippen LogP contribution is 2.42. The second-order valence-electron chi connectivity index (χ2n) is 4.99. The van der Waals surface area contributed by atoms with Crippen molar-refractivity contribution in [3.05, 3.63) is 29.8 Å². The van der Waals surface area contributed by atoms with E-state index in [0.717, 1.165) is 18.4 Å². The molecule has 0 saturated heterocycles. The molecule has 0 aromatic heterocycles. The summed E-state index contributed by atoms with van der Waals surface area (Å²) in [5, 5.41) is 3.34. The number of fused-ring (bicyclic) bond motifs is 1. The van der Waals surface area contributed by atoms with Gasteiger partial charge in [-0.05, 0) is 49.9 Å². The first-order valence-electron chi connectivity index (χ1n) is 6.71. The normalized spacial score (nSPS) is 20.2. The van der Waals surface area contributed by atoms with Crippen LogP contribution in [0.25, 0.3) is 0 Å². The molecule has 1 heterocycles. The first kappa shape index (κ1) is 13.0. The Morgan fingerprint density at radius 3 is 3.00 bits per heavy atom. The van der Waals surface area contributed by atoms with Gasteiger partial charge in [0.25, 0.3) is 0 Å². The molecule has 2 rings (SSSR count). The molecule has 0 saturated carbocycles. The number of hydrogen-bond acceptors (Lipinski definition) is 2. The zero-order valence-electron chi connectivity index (χ0n) is 10.9. The lowest BCUT2D eigenvalue weighted by Gasteiger charge is -2.20. The minimum atomic E-state index is 0.779. The zero-order chi connectivity index (χ0) is 12.1. The number of nitrogens with one attached hydrogen (secondary N) is 1. The Hall–Kier alpha value is -0.470. The van der Waals surface area contributed by atoms with Crippen LogP contribution in [0.4, 0.5) is 0 Å². The zero-order valence-corrected chi connectivity index (χ0v) is 11.7. The Labute approximate surface area is 109 Å². The minimum absolute atomic E-state index is 0.779. The van der Waals surface area contributed by atoms with E-state index in [0.29, 0.717) is 0 Å². The van der Waals surface area contributed by atoms with E-state index in [1.165, 1.54) is 29.9 Å². The maximum absolute atomic E-state index is 3.34. The Balaban J connectivity index is 1.99. The van der Waals surface area contributed by atoms with Crippen molar-refractivity contribution < 1.29 is 0 Å². The SMILES string of the molecule is CCCC(CNC)CC1CSc2ccccc21. The van der Waals surface area contributed by atoms with Crippen LogP contribution in [0, 0.1) is 5.92 Å². The molecule has 0 radical (unpaired) electrons. The maximum Gasteiger partial charge on any atom is 0.0107 e. The van der Waals surface area contributed by atoms with Gasteiger partial charge >= 0.3 is 0 Å². The average Bonchev–Trinajstić information content (AvgIpc) is 2.74. The summed E-state index contributed by atoms with van der Waals surface area (Å²) >= 11 is 2.03. The van der Waals surface area contributed by atoms with Gasteiger partial charge in [0.15, 0.2) is 0 Å². The average molecular weight is 249 g/mol. The molecule has 2 atom stereocenters. The molecule has 1 N–H and O–H groups in total. The Morgan fingerprint density at radius 2 is 2.24 bits per heavy atom. The lowest BCUT2D eigenvalue weighted by atomic mass is 9.88. The molecule has 1 aliphatic rings. The summed E-state index contributed by atoms with van der Waals surface area (Å²) in [5.74, 6) is 2.89. The van der Waals surface area contributed by atoms with Crippen LogP contribution in [0.5, 0.6) is 0 Å². The molecular formula is C15H23NS. The molecule has 17 heavy (non-hydrogen) atoms. The van der Waals surface area contributed by atoms with Gasteiger partial charge < -0.3 is 5.32 Å². The summed E-state index contributed by atoms with van der Waals surface area (Å²) in [6.07, 6.45) is 4.00. The highest BCUT2D eigenvalue weighted by molar-refractivity contribution is 7.99. The highest BCUT2D eigenvalue weighted by Gasteiger charge is 2.25. The number of thioether (sulfide) groups is 1. The second kappa shape index (κ2) is 6.46. The van der Waals surface area contributed by atoms with Gasteiger partial charge in [-0.1, -0.05) is 31.5 Å². The summed E-state index contributed by atoms with van der Waals surface area (Å²) in [6.45, 7) is 3.46. The summed E-state index contributed by atoms with van der Waals surface area (Å²) in [7, 11) is 2.07. The van der Waals surface area contributed by atoms with Crippen molar-refractivity contribution in [2.24, 2.45) is 5.92 Å². The van der Waals surface area contributed by atoms with Crippen LogP contribution in [0.1, 0.15) is 37.7 Å². The summed E-state index contributed by atoms with van der Waals surface area (Å²) in [4.78, 5) is 1.51. The van der Waals surface area contributed by atoms with Crippen molar-refractivity contribution in [1.29, 1.82) is 0 Å². The molecule has 2 unspecified atom stereocenters. The van der Waals surface area contributed by atoms with Crippen molar-refractivity contribution in [3.8, 4) is 0 Å². The Bertz CT molecular complexity index is 345. The van der Waals surface area contributed by atoms with Gasteiger partial charge in [0.05, 0.1) is 0 Å². The number of benzene rings is 1. The molecule has 94 valence electrons. The third kappa shape index (κ3) is 3.26. The molecule has 0 bridgehead atoms. The number of hydrogen-bond donors (Lipinski definition) is 1. The number of rotatable bonds is 6. The topological polar surface area (TPSA) is 12.0 Å². The van der Waals surface area contributed by atoms with Gasteiger partial charge in [-0.3, -0.25) is 0 Å². The molecule has 1 aromatic carbocycles. The molecule has 0 amide bonds. The molecule has 1 nitrogen and oxygen atoms in total. The van der Waals surface area contributed by atoms with Crippen molar-refractivity contribution in [3.63, 3.8) is 0 Å². The van der Waals surface area contributed by atoms with Gasteiger partial charge in [-0.25, -0.2) is 0 Å². The van der Waals surface area contributed by atoms with E-state index in [-0.39, 0.29) is 0 Å². The minimum Gasteiger partial charge on any atom is -0.319 e. The second-order valence-corrected chi connectivity index (χ2v) is 6.06. The van der Waals surface area contributed by atoms with E-state index in [2.05, 4.69) is 43.6 Å². The molecule has 1 aliphatic heterocycles. The van der Waals surface area contributed by atoms with E-state index in [9.17, 15) is 0 Å². The highest BCUT2D eigenvalue weighted by atomic mass is 32.2. The van der Waals surface area contributed by atoms with E-state index >= 15 is 0 Å². The van der Waals surface area contributed by atoms with Crippen LogP contribution in [0.3, 0.4) is 0 Å². The molecule has 0 spiro atoms. The summed E-state index contributed by atoms with van der Waals surface area (Å²) in [5.41, 5.74) is 1.59. The van der Waals surface area contributed by atoms with E-state index < -0.39 is 0 Å². The quantitative estimate of drug-likeness (QED) is 0.820. The Kier molecular flexibility index (Phi) is 4.93. The van der Waals surface area contributed by atoms with Crippen LogP contribution in [-0.2, 0) is 0 Å². The fraction of sp³-hybridized carbons (Fsp3) is 0.600. The van der Waals surface area contributed by atoms with Crippen LogP contribution < -0.4 is 5.32 Å². The lowest BCUT2D eigenvalue weighted by Crippen LogP contribution is -2.21. The smallest absolute Gasteiger partial charge is 0.0107 e. The van der Waals surface area contributed by atoms with Crippen LogP contribution in [0.2, 0.25) is 0 Å². The van der Waals surface area contributed by atoms with E-state index in [1.807, 2.05) is 11.8 Å². The van der Waals surface area contributed by atoms with Gasteiger partial charge in [0, 0.05) is 10.6 Å². The maximum atomic E-state index is 3.34. The van der Waals surface area contributed by atoms with E-state index in [4.69, 9.17) is 0 Å². The summed E-state index contributed by atoms with van der Waals surface area (Å²) in [6, 6.07) is 8.94. The van der Waals surface area contributed by atoms with Gasteiger partial charge in [0.2, 0.25) is 0 Å². The standard InChI is InChI=1S/C15H23NS/c1-3-6-12(10-16-2)9-13-11-17-15-8-5-4-7-14(13)15/h4-5,7-8,12-13,16H,3,6,9-11H2,1-2H3. The Morgan fingerprint density at radius 1 is 1.41 bits per heavy atom. The molecule has 1 aromatic rings. The van der Waals surface area contributed by atoms with Crippen LogP contribution in [-0.4, -0.2) is 19.3 Å². The van der Waals surface area contributed by atoms with Gasteiger partial charge in [0.1, 0.15) is 0 Å². The van der Waals surface area contributed by atoms with E-state index in [1.54, 1.807) is 5.56 Å². The van der Waals surface area contributed by atoms with Crippen molar-refractivity contribution in [1.82, 2.24) is 5.32 Å². The van der Waals surface area contributed by atoms with Gasteiger partial charge in [-0.2, -0.15) is 0 Å². The largest absolute Gasteiger partial charge is 0.319 e. The first-order chi connectivity index (χ1) is 8.35. The van der Waals surface area contributed by atoms with Crippen LogP contribution in [0.15, 0.2) is 29.2 Å². The van der Waals surface area contributed by atoms with Crippen molar-refractivity contribution >= 4 is 11.8 Å². The monoisotopic (exact) mass is 249 g/mol. The third-order valence-electron chi connectivity index (χ3n) is 3.61. The predicted octanol–water partition coefficient (Wildman–Crippen LogP) is 3.90. The fourth-order valence-corrected chi connectivity index (χ4v) is 4.10. The van der Waals surface area contributed by atoms with Crippen LogP contribution >= 0.6 is 11.8 Å².